The Morgan fingerprint density at radius 1 is 1.09 bits per heavy atom. The Morgan fingerprint density at radius 2 is 1.96 bits per heavy atom. The molecule has 1 N–H and O–H groups in total. The molecule has 0 aliphatic rings. The summed E-state index contributed by atoms with van der Waals surface area (Å²) in [5.41, 5.74) is 0.902. The summed E-state index contributed by atoms with van der Waals surface area (Å²) in [6, 6.07) is 14.7. The molecule has 0 saturated heterocycles. The van der Waals surface area contributed by atoms with Gasteiger partial charge in [0.1, 0.15) is 5.69 Å². The molecule has 1 aromatic carbocycles. The van der Waals surface area contributed by atoms with Crippen LogP contribution in [0.25, 0.3) is 10.9 Å². The molecule has 116 valence electrons. The number of esters is 1. The summed E-state index contributed by atoms with van der Waals surface area (Å²) >= 11 is 1.55. The van der Waals surface area contributed by atoms with Crippen molar-refractivity contribution in [3.05, 3.63) is 64.5 Å². The third kappa shape index (κ3) is 3.92. The molecule has 3 rings (SSSR count). The van der Waals surface area contributed by atoms with Crippen molar-refractivity contribution in [3.63, 3.8) is 0 Å². The summed E-state index contributed by atoms with van der Waals surface area (Å²) in [4.78, 5) is 28.9. The molecule has 0 radical (unpaired) electrons. The molecule has 0 unspecified atom stereocenters. The standard InChI is InChI=1S/C17H14N2O3S/c20-16(18-10-13-5-3-9-23-13)11-22-17(21)15-8-7-12-4-1-2-6-14(12)19-15/h1-9H,10-11H2,(H,18,20). The van der Waals surface area contributed by atoms with Gasteiger partial charge in [0.15, 0.2) is 6.61 Å². The fraction of sp³-hybridized carbons (Fsp3) is 0.118. The average Bonchev–Trinajstić information content (AvgIpc) is 3.11. The summed E-state index contributed by atoms with van der Waals surface area (Å²) in [6.07, 6.45) is 0. The number of ether oxygens (including phenoxy) is 1. The van der Waals surface area contributed by atoms with E-state index in [1.807, 2.05) is 41.8 Å². The van der Waals surface area contributed by atoms with E-state index in [1.54, 1.807) is 23.5 Å². The second-order valence-corrected chi connectivity index (χ2v) is 5.85. The van der Waals surface area contributed by atoms with Gasteiger partial charge in [-0.05, 0) is 23.6 Å². The second kappa shape index (κ2) is 7.02. The van der Waals surface area contributed by atoms with E-state index in [1.165, 1.54) is 0 Å². The van der Waals surface area contributed by atoms with Crippen LogP contribution in [0.15, 0.2) is 53.9 Å². The second-order valence-electron chi connectivity index (χ2n) is 4.82. The lowest BCUT2D eigenvalue weighted by molar-refractivity contribution is -0.124. The molecule has 1 amide bonds. The third-order valence-electron chi connectivity index (χ3n) is 3.18. The summed E-state index contributed by atoms with van der Waals surface area (Å²) < 4.78 is 5.00. The minimum atomic E-state index is -0.609. The average molecular weight is 326 g/mol. The number of carbonyl (C=O) groups excluding carboxylic acids is 2. The van der Waals surface area contributed by atoms with Crippen molar-refractivity contribution in [1.29, 1.82) is 0 Å². The van der Waals surface area contributed by atoms with Gasteiger partial charge in [-0.1, -0.05) is 30.3 Å². The number of benzene rings is 1. The predicted octanol–water partition coefficient (Wildman–Crippen LogP) is 2.77. The molecule has 3 aromatic rings. The van der Waals surface area contributed by atoms with Gasteiger partial charge in [-0.2, -0.15) is 0 Å². The van der Waals surface area contributed by atoms with Crippen molar-refractivity contribution in [2.75, 3.05) is 6.61 Å². The first kappa shape index (κ1) is 15.2. The van der Waals surface area contributed by atoms with Crippen molar-refractivity contribution >= 4 is 34.1 Å². The van der Waals surface area contributed by atoms with E-state index in [-0.39, 0.29) is 18.2 Å². The minimum Gasteiger partial charge on any atom is -0.451 e. The van der Waals surface area contributed by atoms with Gasteiger partial charge in [0.2, 0.25) is 0 Å². The highest BCUT2D eigenvalue weighted by molar-refractivity contribution is 7.09. The summed E-state index contributed by atoms with van der Waals surface area (Å²) in [7, 11) is 0. The van der Waals surface area contributed by atoms with Crippen LogP contribution in [-0.2, 0) is 16.1 Å². The predicted molar refractivity (Wildman–Crippen MR) is 88.2 cm³/mol. The monoisotopic (exact) mass is 326 g/mol. The molecule has 0 aliphatic carbocycles. The van der Waals surface area contributed by atoms with Gasteiger partial charge in [-0.15, -0.1) is 11.3 Å². The number of nitrogens with one attached hydrogen (secondary N) is 1. The largest absolute Gasteiger partial charge is 0.451 e. The number of fused-ring (bicyclic) bond motifs is 1. The molecular formula is C17H14N2O3S. The molecule has 0 atom stereocenters. The van der Waals surface area contributed by atoms with E-state index in [0.29, 0.717) is 12.1 Å². The Morgan fingerprint density at radius 3 is 2.78 bits per heavy atom. The topological polar surface area (TPSA) is 68.3 Å². The van der Waals surface area contributed by atoms with Crippen molar-refractivity contribution < 1.29 is 14.3 Å². The van der Waals surface area contributed by atoms with E-state index in [0.717, 1.165) is 10.3 Å². The lowest BCUT2D eigenvalue weighted by atomic mass is 10.2. The van der Waals surface area contributed by atoms with Gasteiger partial charge < -0.3 is 10.1 Å². The lowest BCUT2D eigenvalue weighted by Gasteiger charge is -2.06. The number of aromatic nitrogens is 1. The van der Waals surface area contributed by atoms with Crippen LogP contribution in [0.2, 0.25) is 0 Å². The van der Waals surface area contributed by atoms with Gasteiger partial charge in [0.05, 0.1) is 12.1 Å². The molecule has 0 bridgehead atoms. The first-order valence-electron chi connectivity index (χ1n) is 7.04. The maximum Gasteiger partial charge on any atom is 0.357 e. The Kier molecular flexibility index (Phi) is 4.63. The summed E-state index contributed by atoms with van der Waals surface area (Å²) in [5.74, 6) is -0.949. The molecule has 0 aliphatic heterocycles. The summed E-state index contributed by atoms with van der Waals surface area (Å²) in [5, 5.41) is 5.58. The van der Waals surface area contributed by atoms with E-state index in [9.17, 15) is 9.59 Å². The van der Waals surface area contributed by atoms with Crippen LogP contribution in [-0.4, -0.2) is 23.5 Å². The Balaban J connectivity index is 1.54. The Hall–Kier alpha value is -2.73. The molecule has 5 nitrogen and oxygen atoms in total. The first-order chi connectivity index (χ1) is 11.2. The fourth-order valence-corrected chi connectivity index (χ4v) is 2.68. The zero-order valence-corrected chi connectivity index (χ0v) is 13.0. The number of pyridine rings is 1. The number of hydrogen-bond acceptors (Lipinski definition) is 5. The maximum atomic E-state index is 12.0. The van der Waals surface area contributed by atoms with Crippen LogP contribution < -0.4 is 5.32 Å². The molecule has 0 fully saturated rings. The molecule has 0 spiro atoms. The van der Waals surface area contributed by atoms with Crippen LogP contribution in [0.4, 0.5) is 0 Å². The van der Waals surface area contributed by atoms with Crippen LogP contribution >= 0.6 is 11.3 Å². The smallest absolute Gasteiger partial charge is 0.357 e. The highest BCUT2D eigenvalue weighted by atomic mass is 32.1. The highest BCUT2D eigenvalue weighted by Gasteiger charge is 2.12. The molecule has 2 heterocycles. The third-order valence-corrected chi connectivity index (χ3v) is 4.06. The molecule has 0 saturated carbocycles. The Bertz CT molecular complexity index is 831. The molecule has 6 heteroatoms. The SMILES string of the molecule is O=C(COC(=O)c1ccc2ccccc2n1)NCc1cccs1. The van der Waals surface area contributed by atoms with E-state index >= 15 is 0 Å². The van der Waals surface area contributed by atoms with Gasteiger partial charge in [-0.25, -0.2) is 9.78 Å². The van der Waals surface area contributed by atoms with Gasteiger partial charge in [0.25, 0.3) is 5.91 Å². The van der Waals surface area contributed by atoms with E-state index < -0.39 is 5.97 Å². The lowest BCUT2D eigenvalue weighted by Crippen LogP contribution is -2.28. The zero-order chi connectivity index (χ0) is 16.1. The van der Waals surface area contributed by atoms with Crippen LogP contribution in [0.3, 0.4) is 0 Å². The van der Waals surface area contributed by atoms with Crippen molar-refractivity contribution in [3.8, 4) is 0 Å². The number of rotatable bonds is 5. The van der Waals surface area contributed by atoms with Crippen molar-refractivity contribution in [2.24, 2.45) is 0 Å². The number of carbonyl (C=O) groups is 2. The number of nitrogens with zero attached hydrogens (tertiary/aromatic N) is 1. The van der Waals surface area contributed by atoms with Crippen LogP contribution in [0.5, 0.6) is 0 Å². The Labute approximate surface area is 136 Å². The maximum absolute atomic E-state index is 12.0. The van der Waals surface area contributed by atoms with E-state index in [2.05, 4.69) is 10.3 Å². The number of hydrogen-bond donors (Lipinski definition) is 1. The van der Waals surface area contributed by atoms with Crippen molar-refractivity contribution in [2.45, 2.75) is 6.54 Å². The number of para-hydroxylation sites is 1. The fourth-order valence-electron chi connectivity index (χ4n) is 2.03. The van der Waals surface area contributed by atoms with Gasteiger partial charge >= 0.3 is 5.97 Å². The minimum absolute atomic E-state index is 0.190. The highest BCUT2D eigenvalue weighted by Crippen LogP contribution is 2.12. The zero-order valence-electron chi connectivity index (χ0n) is 12.2. The number of amides is 1. The summed E-state index contributed by atoms with van der Waals surface area (Å²) in [6.45, 7) is 0.112. The first-order valence-corrected chi connectivity index (χ1v) is 7.92. The number of thiophene rings is 1. The molecule has 23 heavy (non-hydrogen) atoms. The van der Waals surface area contributed by atoms with Gasteiger partial charge in [0, 0.05) is 10.3 Å². The quantitative estimate of drug-likeness (QED) is 0.732. The van der Waals surface area contributed by atoms with Crippen LogP contribution in [0, 0.1) is 0 Å². The van der Waals surface area contributed by atoms with Gasteiger partial charge in [-0.3, -0.25) is 4.79 Å². The normalized spacial score (nSPS) is 10.4. The van der Waals surface area contributed by atoms with Crippen molar-refractivity contribution in [1.82, 2.24) is 10.3 Å². The van der Waals surface area contributed by atoms with E-state index in [4.69, 9.17) is 4.74 Å². The molecule has 2 aromatic heterocycles. The molecular weight excluding hydrogens is 312 g/mol. The van der Waals surface area contributed by atoms with Crippen LogP contribution in [0.1, 0.15) is 15.4 Å².